The summed E-state index contributed by atoms with van der Waals surface area (Å²) in [7, 11) is 3.49. The summed E-state index contributed by atoms with van der Waals surface area (Å²) in [6, 6.07) is 1.69. The van der Waals surface area contributed by atoms with Crippen LogP contribution >= 0.6 is 11.6 Å². The Kier molecular flexibility index (Phi) is 3.40. The number of rotatable bonds is 3. The molecule has 0 atom stereocenters. The van der Waals surface area contributed by atoms with Gasteiger partial charge in [-0.1, -0.05) is 11.6 Å². The first-order valence-corrected chi connectivity index (χ1v) is 5.51. The minimum Gasteiger partial charge on any atom is -0.378 e. The minimum atomic E-state index is 0.408. The normalized spacial score (nSPS) is 10.8. The molecule has 0 saturated carbocycles. The molecule has 0 spiro atoms. The van der Waals surface area contributed by atoms with Crippen molar-refractivity contribution < 1.29 is 4.74 Å². The molecule has 0 N–H and O–H groups in total. The van der Waals surface area contributed by atoms with E-state index in [1.165, 1.54) is 0 Å². The fourth-order valence-corrected chi connectivity index (χ4v) is 1.73. The molecular formula is C11H13ClN4O. The van der Waals surface area contributed by atoms with Crippen molar-refractivity contribution in [3.63, 3.8) is 0 Å². The SMILES string of the molecule is COCc1cc(Cl)nc(-c2cnn(C)c2C)n1. The van der Waals surface area contributed by atoms with Gasteiger partial charge in [0.15, 0.2) is 5.82 Å². The molecule has 6 heteroatoms. The Hall–Kier alpha value is -1.46. The fourth-order valence-electron chi connectivity index (χ4n) is 1.52. The summed E-state index contributed by atoms with van der Waals surface area (Å²) >= 11 is 5.96. The summed E-state index contributed by atoms with van der Waals surface area (Å²) in [5, 5.41) is 4.57. The van der Waals surface area contributed by atoms with Gasteiger partial charge in [0.2, 0.25) is 0 Å². The molecule has 2 aromatic rings. The Morgan fingerprint density at radius 1 is 1.41 bits per heavy atom. The number of halogens is 1. The molecule has 0 amide bonds. The Morgan fingerprint density at radius 3 is 2.76 bits per heavy atom. The van der Waals surface area contributed by atoms with Crippen molar-refractivity contribution in [2.45, 2.75) is 13.5 Å². The van der Waals surface area contributed by atoms with Crippen molar-refractivity contribution in [3.05, 3.63) is 28.8 Å². The Balaban J connectivity index is 2.48. The van der Waals surface area contributed by atoms with Gasteiger partial charge in [-0.3, -0.25) is 4.68 Å². The van der Waals surface area contributed by atoms with Crippen molar-refractivity contribution in [2.24, 2.45) is 7.05 Å². The van der Waals surface area contributed by atoms with E-state index < -0.39 is 0 Å². The van der Waals surface area contributed by atoms with E-state index in [2.05, 4.69) is 15.1 Å². The number of hydrogen-bond donors (Lipinski definition) is 0. The van der Waals surface area contributed by atoms with Gasteiger partial charge < -0.3 is 4.74 Å². The van der Waals surface area contributed by atoms with Gasteiger partial charge in [0.1, 0.15) is 5.15 Å². The molecule has 0 saturated heterocycles. The quantitative estimate of drug-likeness (QED) is 0.784. The van der Waals surface area contributed by atoms with Gasteiger partial charge in [0.05, 0.1) is 24.1 Å². The Labute approximate surface area is 104 Å². The van der Waals surface area contributed by atoms with E-state index in [4.69, 9.17) is 16.3 Å². The highest BCUT2D eigenvalue weighted by molar-refractivity contribution is 6.29. The number of nitrogens with zero attached hydrogens (tertiary/aromatic N) is 4. The fraction of sp³-hybridized carbons (Fsp3) is 0.364. The summed E-state index contributed by atoms with van der Waals surface area (Å²) in [6.07, 6.45) is 1.73. The average molecular weight is 253 g/mol. The van der Waals surface area contributed by atoms with Crippen LogP contribution in [0.4, 0.5) is 0 Å². The highest BCUT2D eigenvalue weighted by atomic mass is 35.5. The first kappa shape index (κ1) is 12.0. The molecule has 0 unspecified atom stereocenters. The highest BCUT2D eigenvalue weighted by Crippen LogP contribution is 2.21. The van der Waals surface area contributed by atoms with Crippen LogP contribution in [0, 0.1) is 6.92 Å². The van der Waals surface area contributed by atoms with Crippen LogP contribution in [0.5, 0.6) is 0 Å². The average Bonchev–Trinajstić information content (AvgIpc) is 2.59. The third-order valence-electron chi connectivity index (χ3n) is 2.52. The van der Waals surface area contributed by atoms with Crippen LogP contribution in [-0.2, 0) is 18.4 Å². The maximum Gasteiger partial charge on any atom is 0.164 e. The van der Waals surface area contributed by atoms with E-state index in [0.29, 0.717) is 17.6 Å². The number of aromatic nitrogens is 4. The lowest BCUT2D eigenvalue weighted by molar-refractivity contribution is 0.181. The molecule has 90 valence electrons. The maximum absolute atomic E-state index is 5.96. The molecule has 5 nitrogen and oxygen atoms in total. The van der Waals surface area contributed by atoms with Crippen LogP contribution in [0.3, 0.4) is 0 Å². The molecule has 0 bridgehead atoms. The van der Waals surface area contributed by atoms with Crippen molar-refractivity contribution >= 4 is 11.6 Å². The summed E-state index contributed by atoms with van der Waals surface area (Å²) in [6.45, 7) is 2.37. The van der Waals surface area contributed by atoms with Crippen molar-refractivity contribution in [2.75, 3.05) is 7.11 Å². The molecule has 2 heterocycles. The molecule has 0 aromatic carbocycles. The third kappa shape index (κ3) is 2.45. The number of hydrogen-bond acceptors (Lipinski definition) is 4. The molecule has 0 aliphatic carbocycles. The van der Waals surface area contributed by atoms with Gasteiger partial charge in [-0.15, -0.1) is 0 Å². The van der Waals surface area contributed by atoms with E-state index in [0.717, 1.165) is 17.0 Å². The lowest BCUT2D eigenvalue weighted by Gasteiger charge is -2.04. The van der Waals surface area contributed by atoms with E-state index in [1.807, 2.05) is 14.0 Å². The monoisotopic (exact) mass is 252 g/mol. The van der Waals surface area contributed by atoms with E-state index in [9.17, 15) is 0 Å². The van der Waals surface area contributed by atoms with E-state index >= 15 is 0 Å². The molecule has 17 heavy (non-hydrogen) atoms. The first-order valence-electron chi connectivity index (χ1n) is 5.13. The van der Waals surface area contributed by atoms with E-state index in [1.54, 1.807) is 24.1 Å². The molecule has 2 aromatic heterocycles. The Morgan fingerprint density at radius 2 is 2.18 bits per heavy atom. The summed E-state index contributed by atoms with van der Waals surface area (Å²) in [5.41, 5.74) is 2.63. The number of methoxy groups -OCH3 is 1. The number of ether oxygens (including phenoxy) is 1. The summed E-state index contributed by atoms with van der Waals surface area (Å²) < 4.78 is 6.81. The maximum atomic E-state index is 5.96. The molecule has 0 aliphatic heterocycles. The van der Waals surface area contributed by atoms with Crippen molar-refractivity contribution in [1.82, 2.24) is 19.7 Å². The smallest absolute Gasteiger partial charge is 0.164 e. The zero-order valence-electron chi connectivity index (χ0n) is 9.94. The second-order valence-corrected chi connectivity index (χ2v) is 4.09. The van der Waals surface area contributed by atoms with Gasteiger partial charge >= 0.3 is 0 Å². The Bertz CT molecular complexity index is 538. The van der Waals surface area contributed by atoms with Gasteiger partial charge in [-0.05, 0) is 13.0 Å². The second kappa shape index (κ2) is 4.81. The standard InChI is InChI=1S/C11H13ClN4O/c1-7-9(5-13-16(7)2)11-14-8(6-17-3)4-10(12)15-11/h4-5H,6H2,1-3H3. The van der Waals surface area contributed by atoms with Crippen LogP contribution in [0.15, 0.2) is 12.3 Å². The van der Waals surface area contributed by atoms with Gasteiger partial charge in [0, 0.05) is 19.9 Å². The second-order valence-electron chi connectivity index (χ2n) is 3.71. The van der Waals surface area contributed by atoms with Crippen molar-refractivity contribution in [1.29, 1.82) is 0 Å². The van der Waals surface area contributed by atoms with Gasteiger partial charge in [-0.25, -0.2) is 9.97 Å². The summed E-state index contributed by atoms with van der Waals surface area (Å²) in [4.78, 5) is 8.60. The zero-order chi connectivity index (χ0) is 12.4. The van der Waals surface area contributed by atoms with Crippen LogP contribution in [-0.4, -0.2) is 26.9 Å². The lowest BCUT2D eigenvalue weighted by Crippen LogP contribution is -1.99. The van der Waals surface area contributed by atoms with E-state index in [-0.39, 0.29) is 0 Å². The molecule has 2 rings (SSSR count). The third-order valence-corrected chi connectivity index (χ3v) is 2.71. The van der Waals surface area contributed by atoms with Crippen molar-refractivity contribution in [3.8, 4) is 11.4 Å². The molecule has 0 aliphatic rings. The molecule has 0 radical (unpaired) electrons. The zero-order valence-corrected chi connectivity index (χ0v) is 10.7. The first-order chi connectivity index (χ1) is 8.11. The number of aryl methyl sites for hydroxylation is 1. The van der Waals surface area contributed by atoms with Crippen LogP contribution in [0.2, 0.25) is 5.15 Å². The van der Waals surface area contributed by atoms with Crippen LogP contribution in [0.1, 0.15) is 11.4 Å². The largest absolute Gasteiger partial charge is 0.378 e. The highest BCUT2D eigenvalue weighted by Gasteiger charge is 2.11. The summed E-state index contributed by atoms with van der Waals surface area (Å²) in [5.74, 6) is 0.579. The molecular weight excluding hydrogens is 240 g/mol. The predicted octanol–water partition coefficient (Wildman–Crippen LogP) is 1.99. The van der Waals surface area contributed by atoms with Crippen LogP contribution < -0.4 is 0 Å². The predicted molar refractivity (Wildman–Crippen MR) is 64.7 cm³/mol. The lowest BCUT2D eigenvalue weighted by atomic mass is 10.2. The molecule has 0 fully saturated rings. The topological polar surface area (TPSA) is 52.8 Å². The minimum absolute atomic E-state index is 0.408. The van der Waals surface area contributed by atoms with Crippen LogP contribution in [0.25, 0.3) is 11.4 Å². The van der Waals surface area contributed by atoms with Gasteiger partial charge in [0.25, 0.3) is 0 Å². The van der Waals surface area contributed by atoms with Gasteiger partial charge in [-0.2, -0.15) is 5.10 Å².